The van der Waals surface area contributed by atoms with Crippen LogP contribution < -0.4 is 10.9 Å². The van der Waals surface area contributed by atoms with Gasteiger partial charge in [-0.2, -0.15) is 0 Å². The quantitative estimate of drug-likeness (QED) is 0.732. The normalized spacial score (nSPS) is 15.8. The number of carbonyl (C=O) groups is 2. The molecule has 1 amide bonds. The third-order valence-electron chi connectivity index (χ3n) is 4.94. The van der Waals surface area contributed by atoms with E-state index in [0.29, 0.717) is 24.1 Å². The monoisotopic (exact) mass is 376 g/mol. The zero-order chi connectivity index (χ0) is 19.7. The molecule has 0 radical (unpaired) electrons. The van der Waals surface area contributed by atoms with E-state index in [2.05, 4.69) is 10.3 Å². The first-order valence-electron chi connectivity index (χ1n) is 8.93. The van der Waals surface area contributed by atoms with Crippen molar-refractivity contribution in [2.75, 3.05) is 5.32 Å². The van der Waals surface area contributed by atoms with E-state index in [1.165, 1.54) is 24.3 Å². The Labute approximate surface area is 160 Å². The second-order valence-corrected chi connectivity index (χ2v) is 6.78. The molecule has 1 unspecified atom stereocenters. The van der Waals surface area contributed by atoms with E-state index in [1.54, 1.807) is 6.07 Å². The highest BCUT2D eigenvalue weighted by Crippen LogP contribution is 2.31. The van der Waals surface area contributed by atoms with Crippen LogP contribution in [-0.2, 0) is 6.42 Å². The molecule has 2 aromatic carbocycles. The highest BCUT2D eigenvalue weighted by atomic mass is 19.1. The van der Waals surface area contributed by atoms with Crippen LogP contribution >= 0.6 is 0 Å². The summed E-state index contributed by atoms with van der Waals surface area (Å²) in [5.74, 6) is -1.51. The number of hydrogen-bond acceptors (Lipinski definition) is 3. The lowest BCUT2D eigenvalue weighted by Gasteiger charge is -2.24. The van der Waals surface area contributed by atoms with E-state index >= 15 is 0 Å². The van der Waals surface area contributed by atoms with Crippen molar-refractivity contribution in [1.82, 2.24) is 4.98 Å². The van der Waals surface area contributed by atoms with Crippen molar-refractivity contribution in [3.8, 4) is 0 Å². The number of benzene rings is 2. The zero-order valence-corrected chi connectivity index (χ0v) is 14.9. The summed E-state index contributed by atoms with van der Waals surface area (Å²) in [5, 5.41) is 2.38. The van der Waals surface area contributed by atoms with Gasteiger partial charge in [-0.05, 0) is 36.1 Å². The first-order valence-corrected chi connectivity index (χ1v) is 8.93. The molecule has 0 fully saturated rings. The van der Waals surface area contributed by atoms with Gasteiger partial charge >= 0.3 is 0 Å². The lowest BCUT2D eigenvalue weighted by molar-refractivity contribution is 0.0963. The van der Waals surface area contributed by atoms with E-state index in [1.807, 2.05) is 30.3 Å². The van der Waals surface area contributed by atoms with Crippen LogP contribution in [0.15, 0.2) is 65.5 Å². The SMILES string of the molecule is O=C1CC(c2ccccc2)Cc2[nH]c(=O)c(C(=O)Nc3ccccc3F)cc21. The summed E-state index contributed by atoms with van der Waals surface area (Å²) in [7, 11) is 0. The van der Waals surface area contributed by atoms with E-state index in [0.717, 1.165) is 5.56 Å². The summed E-state index contributed by atoms with van der Waals surface area (Å²) in [4.78, 5) is 40.2. The fourth-order valence-corrected chi connectivity index (χ4v) is 3.51. The van der Waals surface area contributed by atoms with Crippen LogP contribution in [0.2, 0.25) is 0 Å². The topological polar surface area (TPSA) is 79.0 Å². The van der Waals surface area contributed by atoms with Crippen LogP contribution in [0.4, 0.5) is 10.1 Å². The Morgan fingerprint density at radius 1 is 1.00 bits per heavy atom. The largest absolute Gasteiger partial charge is 0.325 e. The molecular weight excluding hydrogens is 359 g/mol. The summed E-state index contributed by atoms with van der Waals surface area (Å²) < 4.78 is 13.8. The Hall–Kier alpha value is -3.54. The van der Waals surface area contributed by atoms with Crippen LogP contribution in [0.3, 0.4) is 0 Å². The number of halogens is 1. The van der Waals surface area contributed by atoms with Gasteiger partial charge in [-0.15, -0.1) is 0 Å². The minimum Gasteiger partial charge on any atom is -0.325 e. The van der Waals surface area contributed by atoms with Gasteiger partial charge in [-0.3, -0.25) is 14.4 Å². The number of nitrogens with one attached hydrogen (secondary N) is 2. The van der Waals surface area contributed by atoms with E-state index in [4.69, 9.17) is 0 Å². The number of aromatic nitrogens is 1. The van der Waals surface area contributed by atoms with Gasteiger partial charge in [0.15, 0.2) is 5.78 Å². The second kappa shape index (κ2) is 7.23. The van der Waals surface area contributed by atoms with Crippen molar-refractivity contribution in [3.63, 3.8) is 0 Å². The second-order valence-electron chi connectivity index (χ2n) is 6.78. The molecule has 1 atom stereocenters. The van der Waals surface area contributed by atoms with E-state index < -0.39 is 17.3 Å². The number of pyridine rings is 1. The van der Waals surface area contributed by atoms with Gasteiger partial charge in [0.1, 0.15) is 11.4 Å². The molecule has 0 saturated carbocycles. The number of anilines is 1. The van der Waals surface area contributed by atoms with E-state index in [9.17, 15) is 18.8 Å². The fourth-order valence-electron chi connectivity index (χ4n) is 3.51. The smallest absolute Gasteiger partial charge is 0.261 e. The Morgan fingerprint density at radius 3 is 2.46 bits per heavy atom. The third kappa shape index (κ3) is 3.36. The Morgan fingerprint density at radius 2 is 1.71 bits per heavy atom. The van der Waals surface area contributed by atoms with Crippen molar-refractivity contribution in [2.24, 2.45) is 0 Å². The number of carbonyl (C=O) groups excluding carboxylic acids is 2. The molecular formula is C22H17FN2O3. The standard InChI is InChI=1S/C22H17FN2O3/c23-17-8-4-5-9-18(17)24-21(27)16-12-15-19(25-22(16)28)10-14(11-20(15)26)13-6-2-1-3-7-13/h1-9,12,14H,10-11H2,(H,24,27)(H,25,28). The molecule has 0 aliphatic heterocycles. The molecule has 0 saturated heterocycles. The average Bonchev–Trinajstić information content (AvgIpc) is 2.69. The molecule has 2 N–H and O–H groups in total. The summed E-state index contributed by atoms with van der Waals surface area (Å²) in [6.07, 6.45) is 0.812. The van der Waals surface area contributed by atoms with Gasteiger partial charge in [-0.25, -0.2) is 4.39 Å². The Balaban J connectivity index is 1.64. The van der Waals surface area contributed by atoms with Gasteiger partial charge in [0.25, 0.3) is 11.5 Å². The number of H-pyrrole nitrogens is 1. The predicted octanol–water partition coefficient (Wildman–Crippen LogP) is 3.68. The maximum Gasteiger partial charge on any atom is 0.261 e. The lowest BCUT2D eigenvalue weighted by Crippen LogP contribution is -2.29. The Kier molecular flexibility index (Phi) is 4.61. The molecule has 3 aromatic rings. The van der Waals surface area contributed by atoms with Crippen LogP contribution in [-0.4, -0.2) is 16.7 Å². The number of ketones is 1. The first kappa shape index (κ1) is 17.9. The van der Waals surface area contributed by atoms with Gasteiger partial charge in [0.2, 0.25) is 0 Å². The summed E-state index contributed by atoms with van der Waals surface area (Å²) >= 11 is 0. The zero-order valence-electron chi connectivity index (χ0n) is 14.9. The molecule has 28 heavy (non-hydrogen) atoms. The highest BCUT2D eigenvalue weighted by Gasteiger charge is 2.28. The fraction of sp³-hybridized carbons (Fsp3) is 0.136. The van der Waals surface area contributed by atoms with Crippen molar-refractivity contribution in [3.05, 3.63) is 99.2 Å². The number of fused-ring (bicyclic) bond motifs is 1. The Bertz CT molecular complexity index is 1120. The van der Waals surface area contributed by atoms with Gasteiger partial charge < -0.3 is 10.3 Å². The number of aromatic amines is 1. The van der Waals surface area contributed by atoms with Crippen LogP contribution in [0, 0.1) is 5.82 Å². The molecule has 0 spiro atoms. The number of rotatable bonds is 3. The average molecular weight is 376 g/mol. The molecule has 5 nitrogen and oxygen atoms in total. The number of hydrogen-bond donors (Lipinski definition) is 2. The van der Waals surface area contributed by atoms with Crippen LogP contribution in [0.5, 0.6) is 0 Å². The van der Waals surface area contributed by atoms with E-state index in [-0.39, 0.29) is 23.0 Å². The van der Waals surface area contributed by atoms with Crippen molar-refractivity contribution >= 4 is 17.4 Å². The molecule has 6 heteroatoms. The van der Waals surface area contributed by atoms with Crippen LogP contribution in [0.25, 0.3) is 0 Å². The minimum absolute atomic E-state index is 0.0186. The van der Waals surface area contributed by atoms with Crippen LogP contribution in [0.1, 0.15) is 44.3 Å². The van der Waals surface area contributed by atoms with Crippen molar-refractivity contribution in [1.29, 1.82) is 0 Å². The van der Waals surface area contributed by atoms with Crippen molar-refractivity contribution in [2.45, 2.75) is 18.8 Å². The molecule has 1 aromatic heterocycles. The maximum absolute atomic E-state index is 13.8. The summed E-state index contributed by atoms with van der Waals surface area (Å²) in [5.41, 5.74) is 1.05. The molecule has 0 bridgehead atoms. The third-order valence-corrected chi connectivity index (χ3v) is 4.94. The van der Waals surface area contributed by atoms with Gasteiger partial charge in [0, 0.05) is 17.7 Å². The minimum atomic E-state index is -0.757. The summed E-state index contributed by atoms with van der Waals surface area (Å²) in [6, 6.07) is 16.6. The highest BCUT2D eigenvalue weighted by molar-refractivity contribution is 6.06. The van der Waals surface area contributed by atoms with Crippen molar-refractivity contribution < 1.29 is 14.0 Å². The number of para-hydroxylation sites is 1. The molecule has 4 rings (SSSR count). The molecule has 1 aliphatic carbocycles. The predicted molar refractivity (Wildman–Crippen MR) is 103 cm³/mol. The molecule has 1 aliphatic rings. The number of amides is 1. The lowest BCUT2D eigenvalue weighted by atomic mass is 9.81. The van der Waals surface area contributed by atoms with Gasteiger partial charge in [-0.1, -0.05) is 42.5 Å². The van der Waals surface area contributed by atoms with Gasteiger partial charge in [0.05, 0.1) is 5.69 Å². The maximum atomic E-state index is 13.8. The molecule has 1 heterocycles. The first-order chi connectivity index (χ1) is 13.5. The summed E-state index contributed by atoms with van der Waals surface area (Å²) in [6.45, 7) is 0. The molecule has 140 valence electrons. The number of Topliss-reactive ketones (excluding diaryl/α,β-unsaturated/α-hetero) is 1.